The van der Waals surface area contributed by atoms with Crippen LogP contribution in [0.15, 0.2) is 15.3 Å². The Morgan fingerprint density at radius 3 is 1.41 bits per heavy atom. The van der Waals surface area contributed by atoms with E-state index in [1.54, 1.807) is 41.5 Å². The molecule has 93 heavy (non-hydrogen) atoms. The van der Waals surface area contributed by atoms with Gasteiger partial charge < -0.3 is 76.6 Å². The van der Waals surface area contributed by atoms with E-state index in [1.807, 2.05) is 0 Å². The molecule has 5 aliphatic heterocycles. The van der Waals surface area contributed by atoms with Crippen LogP contribution in [0.2, 0.25) is 0 Å². The molecule has 5 heterocycles. The van der Waals surface area contributed by atoms with Gasteiger partial charge in [-0.3, -0.25) is 52.7 Å². The third-order valence-corrected chi connectivity index (χ3v) is 17.6. The van der Waals surface area contributed by atoms with Gasteiger partial charge in [-0.1, -0.05) is 55.4 Å². The summed E-state index contributed by atoms with van der Waals surface area (Å²) in [6.45, 7) is 17.1. The molecule has 0 bridgehead atoms. The maximum Gasteiger partial charge on any atom is 0.355 e. The second-order valence-electron chi connectivity index (χ2n) is 25.7. The second-order valence-corrected chi connectivity index (χ2v) is 25.7. The molecule has 10 amide bonds. The lowest BCUT2D eigenvalue weighted by Crippen LogP contribution is -2.61. The number of nitrogens with zero attached hydrogens (tertiary/aromatic N) is 7. The topological polar surface area (TPSA) is 426 Å². The molecule has 0 radical (unpaired) electrons. The third kappa shape index (κ3) is 14.3. The van der Waals surface area contributed by atoms with Crippen molar-refractivity contribution in [3.05, 3.63) is 38.5 Å². The fourth-order valence-electron chi connectivity index (χ4n) is 12.4. The molecule has 0 spiro atoms. The van der Waals surface area contributed by atoms with Gasteiger partial charge >= 0.3 is 11.9 Å². The maximum absolute atomic E-state index is 15.9. The highest BCUT2D eigenvalue weighted by atomic mass is 16.7. The predicted octanol–water partition coefficient (Wildman–Crippen LogP) is -0.357. The Balaban J connectivity index is 1.47. The van der Waals surface area contributed by atoms with Gasteiger partial charge in [0.05, 0.1) is 29.0 Å². The minimum Gasteiger partial charge on any atom is -0.452 e. The fraction of sp³-hybridized carbons (Fsp3) is 0.613. The predicted molar refractivity (Wildman–Crippen MR) is 332 cm³/mol. The van der Waals surface area contributed by atoms with Crippen molar-refractivity contribution in [2.75, 3.05) is 51.7 Å². The van der Waals surface area contributed by atoms with E-state index >= 15 is 19.2 Å². The molecule has 10 atom stereocenters. The Morgan fingerprint density at radius 1 is 0.591 bits per heavy atom. The van der Waals surface area contributed by atoms with Gasteiger partial charge in [-0.2, -0.15) is 10.1 Å². The molecule has 1 aromatic carbocycles. The number of aliphatic hydroxyl groups is 2. The summed E-state index contributed by atoms with van der Waals surface area (Å²) in [7, 11) is 2.54. The minimum absolute atomic E-state index is 0.0505. The number of carbonyl (C=O) groups is 12. The first-order valence-electron chi connectivity index (χ1n) is 31.3. The molecule has 31 nitrogen and oxygen atoms in total. The highest BCUT2D eigenvalue weighted by Gasteiger charge is 2.49. The lowest BCUT2D eigenvalue weighted by Gasteiger charge is -2.36. The molecule has 1 aromatic rings. The van der Waals surface area contributed by atoms with E-state index < -0.39 is 194 Å². The molecule has 10 N–H and O–H groups in total. The summed E-state index contributed by atoms with van der Waals surface area (Å²) in [5.41, 5.74) is 7.54. The molecule has 31 heteroatoms. The number of hydrogen-bond acceptors (Lipinski definition) is 21. The Bertz CT molecular complexity index is 3510. The first kappa shape index (κ1) is 71.4. The maximum atomic E-state index is 15.9. The zero-order chi connectivity index (χ0) is 69.3. The SMILES string of the molecule is Cc1c2oc3c(C)c(N)cc(C(=O)N4OC(=O)[C@H](C(C)C)N(C)C(=O)CCNC(=O)[C@@H]5CCCN5C(=O)[C@H](C(C)C)NC(=O)[C@@H]4[C@@H](C)O)c3nc-2c(C(=O)N2OC(=O)[C@H](C(C)C)N(C)C(=O)CCNC(=O)[C@@H]3CCCN3C(=O)[C@H](C(C)C)NC(=O)[C@@H]2[C@@H](C)O)c(N)c1=O. The molecule has 7 rings (SSSR count). The highest BCUT2D eigenvalue weighted by molar-refractivity contribution is 6.11. The van der Waals surface area contributed by atoms with Gasteiger partial charge in [0, 0.05) is 69.9 Å². The van der Waals surface area contributed by atoms with E-state index in [0.29, 0.717) is 12.8 Å². The summed E-state index contributed by atoms with van der Waals surface area (Å²) in [6, 6.07) is -11.6. The van der Waals surface area contributed by atoms with Crippen LogP contribution in [0.25, 0.3) is 22.6 Å². The number of amides is 10. The lowest BCUT2D eigenvalue weighted by atomic mass is 9.98. The molecule has 0 aromatic heterocycles. The van der Waals surface area contributed by atoms with Crippen molar-refractivity contribution < 1.29 is 81.8 Å². The molecule has 0 saturated carbocycles. The van der Waals surface area contributed by atoms with Gasteiger partial charge in [-0.25, -0.2) is 14.6 Å². The number of nitrogen functional groups attached to an aromatic ring is 2. The molecule has 6 aliphatic rings. The number of fused-ring (bicyclic) bond motifs is 4. The Morgan fingerprint density at radius 2 is 1.01 bits per heavy atom. The number of benzene rings is 2. The first-order valence-corrected chi connectivity index (χ1v) is 31.3. The van der Waals surface area contributed by atoms with Crippen molar-refractivity contribution in [2.45, 2.75) is 182 Å². The monoisotopic (exact) mass is 1300 g/mol. The van der Waals surface area contributed by atoms with E-state index in [1.165, 1.54) is 51.6 Å². The quantitative estimate of drug-likeness (QED) is 0.105. The van der Waals surface area contributed by atoms with Gasteiger partial charge in [0.25, 0.3) is 11.8 Å². The minimum atomic E-state index is -2.34. The van der Waals surface area contributed by atoms with Crippen LogP contribution in [-0.2, 0) is 57.6 Å². The van der Waals surface area contributed by atoms with E-state index in [2.05, 4.69) is 21.3 Å². The summed E-state index contributed by atoms with van der Waals surface area (Å²) in [4.78, 5) is 211. The van der Waals surface area contributed by atoms with Gasteiger partial charge in [0.15, 0.2) is 23.4 Å². The number of aliphatic hydroxyl groups excluding tert-OH is 2. The second kappa shape index (κ2) is 28.9. The van der Waals surface area contributed by atoms with E-state index in [9.17, 15) is 53.4 Å². The van der Waals surface area contributed by atoms with Gasteiger partial charge in [-0.05, 0) is 83.1 Å². The average Bonchev–Trinajstić information content (AvgIpc) is 1.19. The number of aromatic nitrogens is 1. The van der Waals surface area contributed by atoms with E-state index in [0.717, 1.165) is 29.7 Å². The number of aryl methyl sites for hydroxylation is 1. The Hall–Kier alpha value is -9.00. The Kier molecular flexibility index (Phi) is 22.2. The van der Waals surface area contributed by atoms with Crippen LogP contribution in [0.3, 0.4) is 0 Å². The average molecular weight is 1300 g/mol. The molecular formula is C62H87N13O18. The third-order valence-electron chi connectivity index (χ3n) is 17.6. The summed E-state index contributed by atoms with van der Waals surface area (Å²) in [5.74, 6) is -15.8. The number of carbonyl (C=O) groups excluding carboxylic acids is 12. The number of anilines is 2. The molecule has 0 unspecified atom stereocenters. The zero-order valence-corrected chi connectivity index (χ0v) is 54.9. The largest absolute Gasteiger partial charge is 0.452 e. The fourth-order valence-corrected chi connectivity index (χ4v) is 12.4. The zero-order valence-electron chi connectivity index (χ0n) is 54.9. The molecule has 1 aliphatic carbocycles. The van der Waals surface area contributed by atoms with Gasteiger partial charge in [-0.15, -0.1) is 0 Å². The number of nitrogens with two attached hydrogens (primary N) is 2. The smallest absolute Gasteiger partial charge is 0.355 e. The van der Waals surface area contributed by atoms with Gasteiger partial charge in [0.2, 0.25) is 52.7 Å². The standard InChI is InChI=1S/C62H87N13O18/c1-26(2)42-59(87)72-23-15-17-36(72)53(81)65-21-19-38(78)70(13)46(28(5)6)61(89)92-74(48(32(11)76)55(83)68-42)57(85)34-25-35(63)30(9)51-44(34)67-45-40(41(64)50(80)31(10)52(45)91-51)58(86)75-49(33(12)77)56(84)69-43(27(3)4)60(88)73-24-16-18-37(73)54(82)66-22-20-39(79)71(14)47(29(7)8)62(90)93-75/h25-29,32-33,36-37,42-43,46-49,76-77H,15-24,63-64H2,1-14H3,(H,65,81)(H,66,82)(H,68,83)(H,69,84)/t32-,33-,36+,37+,42+,43+,46+,47+,48+,49+/m1/s1. The molecule has 4 fully saturated rings. The number of nitrogens with one attached hydrogen (secondary N) is 4. The van der Waals surface area contributed by atoms with Crippen molar-refractivity contribution in [1.82, 2.24) is 56.0 Å². The summed E-state index contributed by atoms with van der Waals surface area (Å²) in [5, 5.41) is 34.4. The summed E-state index contributed by atoms with van der Waals surface area (Å²) >= 11 is 0. The van der Waals surface area contributed by atoms with Crippen LogP contribution in [0, 0.1) is 37.5 Å². The highest BCUT2D eigenvalue weighted by Crippen LogP contribution is 2.38. The van der Waals surface area contributed by atoms with E-state index in [-0.39, 0.29) is 84.4 Å². The van der Waals surface area contributed by atoms with Crippen molar-refractivity contribution >= 4 is 93.5 Å². The first-order chi connectivity index (χ1) is 43.5. The number of likely N-dealkylation sites (N-methyl/N-ethyl adjacent to an activating group) is 2. The van der Waals surface area contributed by atoms with Crippen LogP contribution in [-0.4, -0.2) is 217 Å². The van der Waals surface area contributed by atoms with Crippen LogP contribution in [0.4, 0.5) is 11.4 Å². The number of hydrogen-bond donors (Lipinski definition) is 8. The van der Waals surface area contributed by atoms with Crippen molar-refractivity contribution in [3.63, 3.8) is 0 Å². The van der Waals surface area contributed by atoms with Crippen molar-refractivity contribution in [2.24, 2.45) is 23.7 Å². The summed E-state index contributed by atoms with van der Waals surface area (Å²) < 4.78 is 6.45. The number of rotatable bonds is 8. The molecule has 4 saturated heterocycles. The molecule has 508 valence electrons. The van der Waals surface area contributed by atoms with Crippen molar-refractivity contribution in [1.29, 1.82) is 0 Å². The Labute approximate surface area is 537 Å². The van der Waals surface area contributed by atoms with E-state index in [4.69, 9.17) is 30.5 Å². The number of hydroxylamine groups is 4. The van der Waals surface area contributed by atoms with Crippen LogP contribution in [0.1, 0.15) is 140 Å². The van der Waals surface area contributed by atoms with Gasteiger partial charge in [0.1, 0.15) is 47.5 Å². The van der Waals surface area contributed by atoms with Crippen LogP contribution in [0.5, 0.6) is 0 Å². The normalized spacial score (nSPS) is 25.0. The van der Waals surface area contributed by atoms with Crippen LogP contribution < -0.4 is 38.2 Å². The summed E-state index contributed by atoms with van der Waals surface area (Å²) in [6.07, 6.45) is -3.39. The van der Waals surface area contributed by atoms with Crippen molar-refractivity contribution in [3.8, 4) is 11.5 Å². The van der Waals surface area contributed by atoms with Crippen LogP contribution >= 0.6 is 0 Å². The lowest BCUT2D eigenvalue weighted by molar-refractivity contribution is -0.201. The molecular weight excluding hydrogens is 1210 g/mol.